The number of hydrogen-bond donors (Lipinski definition) is 2. The van der Waals surface area contributed by atoms with Crippen LogP contribution in [0.1, 0.15) is 67.5 Å². The molecule has 0 heterocycles. The third-order valence-corrected chi connectivity index (χ3v) is 4.96. The van der Waals surface area contributed by atoms with Crippen LogP contribution in [0.15, 0.2) is 61.2 Å². The number of unbranched alkanes of at least 4 members (excludes halogenated alkanes) is 3. The predicted molar refractivity (Wildman–Crippen MR) is 125 cm³/mol. The van der Waals surface area contributed by atoms with Gasteiger partial charge in [-0.25, -0.2) is 0 Å². The first kappa shape index (κ1) is 25.0. The van der Waals surface area contributed by atoms with Gasteiger partial charge in [-0.15, -0.1) is 0 Å². The molecule has 0 spiro atoms. The maximum absolute atomic E-state index is 12.2. The summed E-state index contributed by atoms with van der Waals surface area (Å²) in [5.74, 6) is 0.291. The van der Waals surface area contributed by atoms with Gasteiger partial charge in [-0.2, -0.15) is 0 Å². The maximum atomic E-state index is 12.2. The van der Waals surface area contributed by atoms with Crippen LogP contribution >= 0.6 is 0 Å². The molecule has 1 amide bonds. The maximum Gasteiger partial charge on any atom is 0.305 e. The molecule has 2 aromatic carbocycles. The molecule has 0 aliphatic rings. The van der Waals surface area contributed by atoms with Crippen molar-refractivity contribution >= 4 is 11.9 Å². The molecule has 2 N–H and O–H groups in total. The number of ether oxygens (including phenoxy) is 2. The lowest BCUT2D eigenvalue weighted by Gasteiger charge is -2.20. The summed E-state index contributed by atoms with van der Waals surface area (Å²) < 4.78 is 11.8. The van der Waals surface area contributed by atoms with Gasteiger partial charge in [0, 0.05) is 12.1 Å². The van der Waals surface area contributed by atoms with Crippen LogP contribution in [0.5, 0.6) is 11.5 Å². The fraction of sp³-hybridized carbons (Fsp3) is 0.385. The molecule has 0 aliphatic heterocycles. The third-order valence-electron chi connectivity index (χ3n) is 4.96. The largest absolute Gasteiger partial charge is 0.490 e. The SMILES string of the molecule is C=CCOc1ccc(OC(CCCCCC)c2ccc(C(=O)NCCC(=O)O)cc2)cc1. The van der Waals surface area contributed by atoms with Crippen LogP contribution in [-0.4, -0.2) is 30.1 Å². The summed E-state index contributed by atoms with van der Waals surface area (Å²) in [5, 5.41) is 11.3. The summed E-state index contributed by atoms with van der Waals surface area (Å²) >= 11 is 0. The van der Waals surface area contributed by atoms with E-state index >= 15 is 0 Å². The number of rotatable bonds is 15. The molecule has 1 unspecified atom stereocenters. The summed E-state index contributed by atoms with van der Waals surface area (Å²) in [6.45, 7) is 6.39. The molecule has 0 aliphatic carbocycles. The molecular weight excluding hydrogens is 406 g/mol. The van der Waals surface area contributed by atoms with Crippen LogP contribution in [0.4, 0.5) is 0 Å². The summed E-state index contributed by atoms with van der Waals surface area (Å²) in [4.78, 5) is 22.8. The lowest BCUT2D eigenvalue weighted by Crippen LogP contribution is -2.26. The van der Waals surface area contributed by atoms with Gasteiger partial charge < -0.3 is 19.9 Å². The summed E-state index contributed by atoms with van der Waals surface area (Å²) in [5.41, 5.74) is 1.49. The number of carboxylic acid groups (broad SMARTS) is 1. The Morgan fingerprint density at radius 2 is 1.72 bits per heavy atom. The standard InChI is InChI=1S/C26H33NO5/c1-3-5-6-7-8-24(32-23-15-13-22(14-16-23)31-19-4-2)20-9-11-21(12-10-20)26(30)27-18-17-25(28)29/h4,9-16,24H,2-3,5-8,17-19H2,1H3,(H,27,30)(H,28,29). The highest BCUT2D eigenvalue weighted by Crippen LogP contribution is 2.28. The first-order chi connectivity index (χ1) is 15.5. The highest BCUT2D eigenvalue weighted by Gasteiger charge is 2.15. The Bertz CT molecular complexity index is 846. The van der Waals surface area contributed by atoms with Crippen molar-refractivity contribution in [2.24, 2.45) is 0 Å². The van der Waals surface area contributed by atoms with E-state index in [1.165, 1.54) is 12.8 Å². The molecular formula is C26H33NO5. The van der Waals surface area contributed by atoms with E-state index in [-0.39, 0.29) is 25.0 Å². The van der Waals surface area contributed by atoms with Gasteiger partial charge in [-0.1, -0.05) is 51.0 Å². The molecule has 2 aromatic rings. The Kier molecular flexibility index (Phi) is 10.9. The molecule has 6 heteroatoms. The number of aliphatic carboxylic acids is 1. The Morgan fingerprint density at radius 3 is 2.34 bits per heavy atom. The number of carboxylic acids is 1. The molecule has 0 radical (unpaired) electrons. The highest BCUT2D eigenvalue weighted by molar-refractivity contribution is 5.94. The number of hydrogen-bond acceptors (Lipinski definition) is 4. The average Bonchev–Trinajstić information content (AvgIpc) is 2.80. The molecule has 0 saturated carbocycles. The van der Waals surface area contributed by atoms with Crippen molar-refractivity contribution in [3.05, 3.63) is 72.3 Å². The number of nitrogens with one attached hydrogen (secondary N) is 1. The quantitative estimate of drug-likeness (QED) is 0.281. The fourth-order valence-corrected chi connectivity index (χ4v) is 3.22. The second kappa shape index (κ2) is 13.9. The molecule has 1 atom stereocenters. The number of amides is 1. The van der Waals surface area contributed by atoms with Gasteiger partial charge in [-0.3, -0.25) is 9.59 Å². The zero-order chi connectivity index (χ0) is 23.2. The second-order valence-electron chi connectivity index (χ2n) is 7.55. The van der Waals surface area contributed by atoms with E-state index in [0.717, 1.165) is 36.3 Å². The van der Waals surface area contributed by atoms with Gasteiger partial charge in [0.1, 0.15) is 24.2 Å². The monoisotopic (exact) mass is 439 g/mol. The van der Waals surface area contributed by atoms with Gasteiger partial charge in [0.15, 0.2) is 0 Å². The Hall–Kier alpha value is -3.28. The van der Waals surface area contributed by atoms with Crippen molar-refractivity contribution in [1.29, 1.82) is 0 Å². The topological polar surface area (TPSA) is 84.9 Å². The fourth-order valence-electron chi connectivity index (χ4n) is 3.22. The van der Waals surface area contributed by atoms with Crippen molar-refractivity contribution < 1.29 is 24.2 Å². The number of carbonyl (C=O) groups excluding carboxylic acids is 1. The molecule has 32 heavy (non-hydrogen) atoms. The van der Waals surface area contributed by atoms with Crippen LogP contribution in [-0.2, 0) is 4.79 Å². The minimum atomic E-state index is -0.941. The first-order valence-electron chi connectivity index (χ1n) is 11.1. The van der Waals surface area contributed by atoms with Crippen LogP contribution in [0, 0.1) is 0 Å². The van der Waals surface area contributed by atoms with Crippen LogP contribution in [0.25, 0.3) is 0 Å². The lowest BCUT2D eigenvalue weighted by atomic mass is 10.0. The third kappa shape index (κ3) is 8.84. The van der Waals surface area contributed by atoms with E-state index < -0.39 is 5.97 Å². The zero-order valence-electron chi connectivity index (χ0n) is 18.7. The molecule has 172 valence electrons. The average molecular weight is 440 g/mol. The normalized spacial score (nSPS) is 11.4. The van der Waals surface area contributed by atoms with Gasteiger partial charge in [-0.05, 0) is 54.8 Å². The van der Waals surface area contributed by atoms with E-state index in [1.54, 1.807) is 18.2 Å². The molecule has 2 rings (SSSR count). The second-order valence-corrected chi connectivity index (χ2v) is 7.55. The number of carbonyl (C=O) groups is 2. The van der Waals surface area contributed by atoms with Crippen molar-refractivity contribution in [1.82, 2.24) is 5.32 Å². The minimum absolute atomic E-state index is 0.102. The molecule has 0 fully saturated rings. The molecule has 0 saturated heterocycles. The van der Waals surface area contributed by atoms with E-state index in [4.69, 9.17) is 14.6 Å². The lowest BCUT2D eigenvalue weighted by molar-refractivity contribution is -0.136. The van der Waals surface area contributed by atoms with Gasteiger partial charge >= 0.3 is 5.97 Å². The zero-order valence-corrected chi connectivity index (χ0v) is 18.7. The molecule has 0 aromatic heterocycles. The van der Waals surface area contributed by atoms with Crippen molar-refractivity contribution in [3.63, 3.8) is 0 Å². The summed E-state index contributed by atoms with van der Waals surface area (Å²) in [7, 11) is 0. The summed E-state index contributed by atoms with van der Waals surface area (Å²) in [6.07, 6.45) is 6.91. The number of benzene rings is 2. The van der Waals surface area contributed by atoms with Crippen molar-refractivity contribution in [3.8, 4) is 11.5 Å². The van der Waals surface area contributed by atoms with E-state index in [0.29, 0.717) is 12.2 Å². The Morgan fingerprint density at radius 1 is 1.03 bits per heavy atom. The Labute approximate surface area is 190 Å². The van der Waals surface area contributed by atoms with E-state index in [9.17, 15) is 9.59 Å². The first-order valence-corrected chi connectivity index (χ1v) is 11.1. The van der Waals surface area contributed by atoms with Gasteiger partial charge in [0.05, 0.1) is 6.42 Å². The summed E-state index contributed by atoms with van der Waals surface area (Å²) in [6, 6.07) is 14.8. The van der Waals surface area contributed by atoms with E-state index in [2.05, 4.69) is 18.8 Å². The predicted octanol–water partition coefficient (Wildman–Crippen LogP) is 5.55. The van der Waals surface area contributed by atoms with Crippen molar-refractivity contribution in [2.75, 3.05) is 13.2 Å². The van der Waals surface area contributed by atoms with Crippen LogP contribution in [0.3, 0.4) is 0 Å². The van der Waals surface area contributed by atoms with Crippen LogP contribution < -0.4 is 14.8 Å². The molecule has 6 nitrogen and oxygen atoms in total. The van der Waals surface area contributed by atoms with Crippen molar-refractivity contribution in [2.45, 2.75) is 51.6 Å². The minimum Gasteiger partial charge on any atom is -0.490 e. The van der Waals surface area contributed by atoms with E-state index in [1.807, 2.05) is 36.4 Å². The highest BCUT2D eigenvalue weighted by atomic mass is 16.5. The van der Waals surface area contributed by atoms with Gasteiger partial charge in [0.25, 0.3) is 5.91 Å². The van der Waals surface area contributed by atoms with Gasteiger partial charge in [0.2, 0.25) is 0 Å². The smallest absolute Gasteiger partial charge is 0.305 e. The molecule has 0 bridgehead atoms. The van der Waals surface area contributed by atoms with Crippen LogP contribution in [0.2, 0.25) is 0 Å². The Balaban J connectivity index is 2.05.